The number of sulfonamides is 1. The molecule has 1 aromatic rings. The maximum atomic E-state index is 12.8. The molecule has 1 amide bonds. The predicted molar refractivity (Wildman–Crippen MR) is 99.9 cm³/mol. The molecule has 2 heterocycles. The third kappa shape index (κ3) is 4.50. The number of hydrogen-bond acceptors (Lipinski definition) is 4. The molecule has 2 aliphatic heterocycles. The number of hydrogen-bond donors (Lipinski definition) is 1. The lowest BCUT2D eigenvalue weighted by atomic mass is 9.96. The van der Waals surface area contributed by atoms with E-state index in [1.54, 1.807) is 0 Å². The van der Waals surface area contributed by atoms with Crippen LogP contribution >= 0.6 is 0 Å². The van der Waals surface area contributed by atoms with E-state index in [4.69, 9.17) is 5.11 Å². The Morgan fingerprint density at radius 3 is 1.96 bits per heavy atom. The zero-order chi connectivity index (χ0) is 19.4. The summed E-state index contributed by atoms with van der Waals surface area (Å²) >= 11 is 0. The average Bonchev–Trinajstić information content (AvgIpc) is 2.97. The van der Waals surface area contributed by atoms with Crippen LogP contribution in [0.5, 0.6) is 0 Å². The highest BCUT2D eigenvalue weighted by Crippen LogP contribution is 2.26. The van der Waals surface area contributed by atoms with Crippen molar-refractivity contribution >= 4 is 21.9 Å². The fourth-order valence-corrected chi connectivity index (χ4v) is 5.28. The maximum Gasteiger partial charge on any atom is 0.335 e. The van der Waals surface area contributed by atoms with E-state index in [1.165, 1.54) is 41.4 Å². The largest absolute Gasteiger partial charge is 0.478 e. The number of aromatic carboxylic acids is 1. The SMILES string of the molecule is O=C(O)c1ccc(S(=O)(=O)N2CCC(C(=O)N3CCCCCC3)CC2)cc1. The average molecular weight is 394 g/mol. The van der Waals surface area contributed by atoms with Crippen LogP contribution in [-0.4, -0.2) is 60.8 Å². The number of amides is 1. The third-order valence-electron chi connectivity index (χ3n) is 5.46. The van der Waals surface area contributed by atoms with Crippen molar-refractivity contribution in [2.45, 2.75) is 43.4 Å². The van der Waals surface area contributed by atoms with Crippen LogP contribution in [0.4, 0.5) is 0 Å². The molecule has 2 aliphatic rings. The number of carbonyl (C=O) groups excluding carboxylic acids is 1. The number of nitrogens with zero attached hydrogens (tertiary/aromatic N) is 2. The quantitative estimate of drug-likeness (QED) is 0.845. The number of carboxylic acid groups (broad SMARTS) is 1. The lowest BCUT2D eigenvalue weighted by molar-refractivity contribution is -0.136. The summed E-state index contributed by atoms with van der Waals surface area (Å²) in [5.41, 5.74) is 0.0516. The molecule has 1 N–H and O–H groups in total. The van der Waals surface area contributed by atoms with Crippen molar-refractivity contribution in [1.82, 2.24) is 9.21 Å². The van der Waals surface area contributed by atoms with Gasteiger partial charge in [-0.3, -0.25) is 4.79 Å². The van der Waals surface area contributed by atoms with E-state index in [1.807, 2.05) is 4.90 Å². The first-order valence-electron chi connectivity index (χ1n) is 9.52. The molecule has 2 saturated heterocycles. The summed E-state index contributed by atoms with van der Waals surface area (Å²) in [6.07, 6.45) is 5.49. The van der Waals surface area contributed by atoms with Gasteiger partial charge in [-0.1, -0.05) is 12.8 Å². The second-order valence-corrected chi connectivity index (χ2v) is 9.19. The Labute approximate surface area is 160 Å². The van der Waals surface area contributed by atoms with Gasteiger partial charge in [0.05, 0.1) is 10.5 Å². The molecule has 0 aliphatic carbocycles. The minimum Gasteiger partial charge on any atom is -0.478 e. The van der Waals surface area contributed by atoms with Gasteiger partial charge < -0.3 is 10.0 Å². The van der Waals surface area contributed by atoms with Crippen LogP contribution in [-0.2, 0) is 14.8 Å². The molecule has 2 fully saturated rings. The van der Waals surface area contributed by atoms with Crippen molar-refractivity contribution in [2.24, 2.45) is 5.92 Å². The molecule has 3 rings (SSSR count). The molecule has 0 bridgehead atoms. The van der Waals surface area contributed by atoms with Crippen molar-refractivity contribution in [2.75, 3.05) is 26.2 Å². The van der Waals surface area contributed by atoms with E-state index in [2.05, 4.69) is 0 Å². The van der Waals surface area contributed by atoms with Crippen LogP contribution in [0.15, 0.2) is 29.2 Å². The molecule has 148 valence electrons. The summed E-state index contributed by atoms with van der Waals surface area (Å²) in [6.45, 7) is 2.25. The third-order valence-corrected chi connectivity index (χ3v) is 7.37. The topological polar surface area (TPSA) is 95.0 Å². The van der Waals surface area contributed by atoms with E-state index in [0.29, 0.717) is 25.9 Å². The van der Waals surface area contributed by atoms with Crippen molar-refractivity contribution in [3.05, 3.63) is 29.8 Å². The second-order valence-electron chi connectivity index (χ2n) is 7.25. The lowest BCUT2D eigenvalue weighted by Gasteiger charge is -2.33. The molecule has 0 spiro atoms. The number of carboxylic acids is 1. The van der Waals surface area contributed by atoms with Crippen LogP contribution in [0.3, 0.4) is 0 Å². The molecule has 7 nitrogen and oxygen atoms in total. The molecule has 0 atom stereocenters. The van der Waals surface area contributed by atoms with Gasteiger partial charge in [-0.25, -0.2) is 13.2 Å². The standard InChI is InChI=1S/C19H26N2O5S/c22-18(20-11-3-1-2-4-12-20)15-9-13-21(14-10-15)27(25,26)17-7-5-16(6-8-17)19(23)24/h5-8,15H,1-4,9-14H2,(H,23,24). The Bertz CT molecular complexity index is 775. The molecule has 0 unspecified atom stereocenters. The van der Waals surface area contributed by atoms with Crippen molar-refractivity contribution < 1.29 is 23.1 Å². The summed E-state index contributed by atoms with van der Waals surface area (Å²) in [4.78, 5) is 25.7. The van der Waals surface area contributed by atoms with E-state index < -0.39 is 16.0 Å². The van der Waals surface area contributed by atoms with Crippen molar-refractivity contribution in [3.63, 3.8) is 0 Å². The van der Waals surface area contributed by atoms with Gasteiger partial charge in [0.1, 0.15) is 0 Å². The maximum absolute atomic E-state index is 12.8. The molecule has 0 radical (unpaired) electrons. The fourth-order valence-electron chi connectivity index (χ4n) is 3.81. The van der Waals surface area contributed by atoms with Gasteiger partial charge in [0.2, 0.25) is 15.9 Å². The van der Waals surface area contributed by atoms with E-state index >= 15 is 0 Å². The normalized spacial score (nSPS) is 20.2. The zero-order valence-corrected chi connectivity index (χ0v) is 16.2. The van der Waals surface area contributed by atoms with Gasteiger partial charge in [-0.15, -0.1) is 0 Å². The predicted octanol–water partition coefficient (Wildman–Crippen LogP) is 2.19. The van der Waals surface area contributed by atoms with Gasteiger partial charge in [-0.2, -0.15) is 4.31 Å². The van der Waals surface area contributed by atoms with Crippen LogP contribution in [0.1, 0.15) is 48.9 Å². The first-order valence-corrected chi connectivity index (χ1v) is 11.0. The van der Waals surface area contributed by atoms with Gasteiger partial charge in [-0.05, 0) is 49.9 Å². The molecular weight excluding hydrogens is 368 g/mol. The smallest absolute Gasteiger partial charge is 0.335 e. The fraction of sp³-hybridized carbons (Fsp3) is 0.579. The Hall–Kier alpha value is -1.93. The Morgan fingerprint density at radius 1 is 0.889 bits per heavy atom. The van der Waals surface area contributed by atoms with Crippen LogP contribution in [0, 0.1) is 5.92 Å². The lowest BCUT2D eigenvalue weighted by Crippen LogP contribution is -2.44. The van der Waals surface area contributed by atoms with E-state index in [-0.39, 0.29) is 22.3 Å². The van der Waals surface area contributed by atoms with Gasteiger partial charge in [0.15, 0.2) is 0 Å². The summed E-state index contributed by atoms with van der Waals surface area (Å²) in [6, 6.07) is 5.25. The Morgan fingerprint density at radius 2 is 1.44 bits per heavy atom. The van der Waals surface area contributed by atoms with Gasteiger partial charge in [0.25, 0.3) is 0 Å². The molecule has 1 aromatic carbocycles. The summed E-state index contributed by atoms with van der Waals surface area (Å²) in [5.74, 6) is -1.03. The Kier molecular flexibility index (Phi) is 6.16. The zero-order valence-electron chi connectivity index (χ0n) is 15.3. The number of rotatable bonds is 4. The van der Waals surface area contributed by atoms with E-state index in [0.717, 1.165) is 25.9 Å². The van der Waals surface area contributed by atoms with Gasteiger partial charge in [0, 0.05) is 32.1 Å². The minimum absolute atomic E-state index is 0.0516. The van der Waals surface area contributed by atoms with Gasteiger partial charge >= 0.3 is 5.97 Å². The molecule has 0 saturated carbocycles. The van der Waals surface area contributed by atoms with Crippen LogP contribution in [0.2, 0.25) is 0 Å². The highest BCUT2D eigenvalue weighted by atomic mass is 32.2. The second kappa shape index (κ2) is 8.39. The van der Waals surface area contributed by atoms with Crippen LogP contribution in [0.25, 0.3) is 0 Å². The summed E-state index contributed by atoms with van der Waals surface area (Å²) < 4.78 is 26.9. The number of benzene rings is 1. The molecule has 8 heteroatoms. The number of piperidine rings is 1. The first kappa shape index (κ1) is 19.8. The summed E-state index contributed by atoms with van der Waals surface area (Å²) in [7, 11) is -3.67. The number of carbonyl (C=O) groups is 2. The first-order chi connectivity index (χ1) is 12.9. The molecular formula is C19H26N2O5S. The van der Waals surface area contributed by atoms with Crippen LogP contribution < -0.4 is 0 Å². The number of likely N-dealkylation sites (tertiary alicyclic amines) is 1. The Balaban J connectivity index is 1.62. The molecule has 27 heavy (non-hydrogen) atoms. The highest BCUT2D eigenvalue weighted by Gasteiger charge is 2.33. The summed E-state index contributed by atoms with van der Waals surface area (Å²) in [5, 5.41) is 8.94. The van der Waals surface area contributed by atoms with Crippen molar-refractivity contribution in [3.8, 4) is 0 Å². The molecule has 0 aromatic heterocycles. The van der Waals surface area contributed by atoms with Crippen molar-refractivity contribution in [1.29, 1.82) is 0 Å². The highest BCUT2D eigenvalue weighted by molar-refractivity contribution is 7.89. The monoisotopic (exact) mass is 394 g/mol. The van der Waals surface area contributed by atoms with E-state index in [9.17, 15) is 18.0 Å². The minimum atomic E-state index is -3.67.